The first-order valence-corrected chi connectivity index (χ1v) is 7.63. The van der Waals surface area contributed by atoms with Crippen molar-refractivity contribution in [2.75, 3.05) is 38.5 Å². The minimum atomic E-state index is -1.12. The van der Waals surface area contributed by atoms with Gasteiger partial charge in [0.1, 0.15) is 5.82 Å². The lowest BCUT2D eigenvalue weighted by Gasteiger charge is -2.26. The molecule has 1 aromatic carbocycles. The number of halogens is 2. The molecular formula is C12H16ClFN2OS. The van der Waals surface area contributed by atoms with Gasteiger partial charge >= 0.3 is 0 Å². The molecule has 1 heterocycles. The van der Waals surface area contributed by atoms with Crippen molar-refractivity contribution in [1.29, 1.82) is 0 Å². The molecule has 1 aliphatic rings. The summed E-state index contributed by atoms with van der Waals surface area (Å²) >= 11 is 5.68. The summed E-state index contributed by atoms with van der Waals surface area (Å²) in [4.78, 5) is 2.87. The molecule has 1 aromatic rings. The molecule has 0 bridgehead atoms. The number of nitrogens with one attached hydrogen (secondary N) is 1. The molecule has 100 valence electrons. The van der Waals surface area contributed by atoms with Crippen LogP contribution in [0.15, 0.2) is 23.1 Å². The molecule has 0 aromatic heterocycles. The number of hydrogen-bond acceptors (Lipinski definition) is 3. The van der Waals surface area contributed by atoms with E-state index in [1.807, 2.05) is 0 Å². The summed E-state index contributed by atoms with van der Waals surface area (Å²) in [5, 5.41) is 3.30. The zero-order valence-corrected chi connectivity index (χ0v) is 11.6. The molecule has 1 fully saturated rings. The van der Waals surface area contributed by atoms with Gasteiger partial charge in [-0.2, -0.15) is 0 Å². The molecule has 0 spiro atoms. The molecule has 0 aliphatic carbocycles. The van der Waals surface area contributed by atoms with Crippen molar-refractivity contribution in [2.24, 2.45) is 0 Å². The molecule has 0 radical (unpaired) electrons. The average molecular weight is 291 g/mol. The minimum Gasteiger partial charge on any atom is -0.314 e. The van der Waals surface area contributed by atoms with Gasteiger partial charge in [0, 0.05) is 43.4 Å². The minimum absolute atomic E-state index is 0.0306. The summed E-state index contributed by atoms with van der Waals surface area (Å²) in [6, 6.07) is 4.25. The first-order valence-electron chi connectivity index (χ1n) is 5.93. The van der Waals surface area contributed by atoms with Crippen molar-refractivity contribution in [3.8, 4) is 0 Å². The van der Waals surface area contributed by atoms with Crippen LogP contribution in [0.4, 0.5) is 4.39 Å². The standard InChI is InChI=1S/C12H16ClFN2OS/c13-11-9-10(1-2-12(11)14)18(17)8-7-16-5-3-15-4-6-16/h1-2,9,15H,3-8H2. The summed E-state index contributed by atoms with van der Waals surface area (Å²) in [6.45, 7) is 4.73. The smallest absolute Gasteiger partial charge is 0.141 e. The molecule has 3 nitrogen and oxygen atoms in total. The fraction of sp³-hybridized carbons (Fsp3) is 0.500. The number of benzene rings is 1. The number of rotatable bonds is 4. The molecule has 1 unspecified atom stereocenters. The van der Waals surface area contributed by atoms with Crippen LogP contribution in [0.1, 0.15) is 0 Å². The highest BCUT2D eigenvalue weighted by atomic mass is 35.5. The van der Waals surface area contributed by atoms with Crippen LogP contribution in [0.25, 0.3) is 0 Å². The van der Waals surface area contributed by atoms with Crippen LogP contribution in [0.3, 0.4) is 0 Å². The van der Waals surface area contributed by atoms with E-state index in [-0.39, 0.29) is 5.02 Å². The third kappa shape index (κ3) is 3.75. The number of piperazine rings is 1. The Morgan fingerprint density at radius 2 is 2.11 bits per heavy atom. The molecular weight excluding hydrogens is 275 g/mol. The zero-order chi connectivity index (χ0) is 13.0. The Balaban J connectivity index is 1.88. The molecule has 1 saturated heterocycles. The van der Waals surface area contributed by atoms with Crippen molar-refractivity contribution in [2.45, 2.75) is 4.90 Å². The van der Waals surface area contributed by atoms with E-state index in [1.54, 1.807) is 0 Å². The Morgan fingerprint density at radius 3 is 2.78 bits per heavy atom. The normalized spacial score (nSPS) is 18.8. The van der Waals surface area contributed by atoms with Gasteiger partial charge in [0.2, 0.25) is 0 Å². The van der Waals surface area contributed by atoms with Crippen LogP contribution in [-0.4, -0.2) is 47.6 Å². The molecule has 0 saturated carbocycles. The van der Waals surface area contributed by atoms with E-state index in [1.165, 1.54) is 18.2 Å². The third-order valence-corrected chi connectivity index (χ3v) is 4.58. The Morgan fingerprint density at radius 1 is 1.39 bits per heavy atom. The summed E-state index contributed by atoms with van der Waals surface area (Å²) in [6.07, 6.45) is 0. The van der Waals surface area contributed by atoms with Gasteiger partial charge in [0.15, 0.2) is 0 Å². The van der Waals surface area contributed by atoms with E-state index in [0.29, 0.717) is 10.6 Å². The van der Waals surface area contributed by atoms with Gasteiger partial charge in [-0.05, 0) is 18.2 Å². The number of nitrogens with zero attached hydrogens (tertiary/aromatic N) is 1. The second-order valence-corrected chi connectivity index (χ2v) is 6.20. The average Bonchev–Trinajstić information content (AvgIpc) is 2.40. The highest BCUT2D eigenvalue weighted by molar-refractivity contribution is 7.85. The van der Waals surface area contributed by atoms with Crippen LogP contribution in [-0.2, 0) is 10.8 Å². The van der Waals surface area contributed by atoms with E-state index in [0.717, 1.165) is 32.7 Å². The van der Waals surface area contributed by atoms with Crippen LogP contribution < -0.4 is 5.32 Å². The maximum Gasteiger partial charge on any atom is 0.141 e. The lowest BCUT2D eigenvalue weighted by Crippen LogP contribution is -2.44. The SMILES string of the molecule is O=S(CCN1CCNCC1)c1ccc(F)c(Cl)c1. The molecule has 18 heavy (non-hydrogen) atoms. The highest BCUT2D eigenvalue weighted by Crippen LogP contribution is 2.18. The topological polar surface area (TPSA) is 32.3 Å². The van der Waals surface area contributed by atoms with Crippen molar-refractivity contribution >= 4 is 22.4 Å². The zero-order valence-electron chi connectivity index (χ0n) is 9.99. The van der Waals surface area contributed by atoms with E-state index >= 15 is 0 Å². The second kappa shape index (κ2) is 6.61. The van der Waals surface area contributed by atoms with Crippen LogP contribution in [0.5, 0.6) is 0 Å². The summed E-state index contributed by atoms with van der Waals surface area (Å²) in [5.74, 6) is 0.0848. The van der Waals surface area contributed by atoms with Crippen LogP contribution in [0, 0.1) is 5.82 Å². The van der Waals surface area contributed by atoms with E-state index in [9.17, 15) is 8.60 Å². The predicted octanol–water partition coefficient (Wildman–Crippen LogP) is 1.49. The highest BCUT2D eigenvalue weighted by Gasteiger charge is 2.12. The van der Waals surface area contributed by atoms with Gasteiger partial charge < -0.3 is 5.32 Å². The molecule has 1 aliphatic heterocycles. The second-order valence-electron chi connectivity index (χ2n) is 4.22. The van der Waals surface area contributed by atoms with Gasteiger partial charge in [-0.1, -0.05) is 11.6 Å². The van der Waals surface area contributed by atoms with Gasteiger partial charge in [0.25, 0.3) is 0 Å². The Labute approximate surface area is 114 Å². The Bertz CT molecular complexity index is 438. The molecule has 0 amide bonds. The first-order chi connectivity index (χ1) is 8.66. The fourth-order valence-corrected chi connectivity index (χ4v) is 3.26. The van der Waals surface area contributed by atoms with Gasteiger partial charge in [-0.15, -0.1) is 0 Å². The van der Waals surface area contributed by atoms with Gasteiger partial charge in [-0.25, -0.2) is 4.39 Å². The maximum atomic E-state index is 13.0. The molecule has 2 rings (SSSR count). The summed E-state index contributed by atoms with van der Waals surface area (Å²) in [5.41, 5.74) is 0. The summed E-state index contributed by atoms with van der Waals surface area (Å²) in [7, 11) is -1.12. The molecule has 1 atom stereocenters. The van der Waals surface area contributed by atoms with Crippen molar-refractivity contribution in [1.82, 2.24) is 10.2 Å². The van der Waals surface area contributed by atoms with Gasteiger partial charge in [0.05, 0.1) is 15.8 Å². The lowest BCUT2D eigenvalue weighted by molar-refractivity contribution is 0.254. The van der Waals surface area contributed by atoms with Crippen LogP contribution >= 0.6 is 11.6 Å². The molecule has 1 N–H and O–H groups in total. The van der Waals surface area contributed by atoms with E-state index in [4.69, 9.17) is 11.6 Å². The predicted molar refractivity (Wildman–Crippen MR) is 72.0 cm³/mol. The first kappa shape index (κ1) is 13.9. The van der Waals surface area contributed by atoms with Crippen molar-refractivity contribution in [3.05, 3.63) is 29.0 Å². The Kier molecular flexibility index (Phi) is 5.12. The number of hydrogen-bond donors (Lipinski definition) is 1. The van der Waals surface area contributed by atoms with Crippen LogP contribution in [0.2, 0.25) is 5.02 Å². The third-order valence-electron chi connectivity index (χ3n) is 2.96. The largest absolute Gasteiger partial charge is 0.314 e. The van der Waals surface area contributed by atoms with Crippen molar-refractivity contribution in [3.63, 3.8) is 0 Å². The van der Waals surface area contributed by atoms with E-state index in [2.05, 4.69) is 10.2 Å². The summed E-state index contributed by atoms with van der Waals surface area (Å²) < 4.78 is 25.0. The van der Waals surface area contributed by atoms with E-state index < -0.39 is 16.6 Å². The monoisotopic (exact) mass is 290 g/mol. The lowest BCUT2D eigenvalue weighted by atomic mass is 10.3. The Hall–Kier alpha value is -0.490. The van der Waals surface area contributed by atoms with Crippen molar-refractivity contribution < 1.29 is 8.60 Å². The fourth-order valence-electron chi connectivity index (χ4n) is 1.88. The van der Waals surface area contributed by atoms with Gasteiger partial charge in [-0.3, -0.25) is 9.11 Å². The maximum absolute atomic E-state index is 13.0. The molecule has 6 heteroatoms. The quantitative estimate of drug-likeness (QED) is 0.912.